The Balaban J connectivity index is 1.17. The number of Topliss-reactive ketones (excluding diaryl/α,β-unsaturated/α-hetero) is 1. The predicted molar refractivity (Wildman–Crippen MR) is 144 cm³/mol. The van der Waals surface area contributed by atoms with Crippen LogP contribution in [0.1, 0.15) is 82.0 Å². The second-order valence-electron chi connectivity index (χ2n) is 10.4. The number of hydrogen-bond acceptors (Lipinski definition) is 3. The Morgan fingerprint density at radius 3 is 2.33 bits per heavy atom. The van der Waals surface area contributed by atoms with Crippen LogP contribution in [0.25, 0.3) is 0 Å². The maximum atomic E-state index is 13.4. The van der Waals surface area contributed by atoms with Crippen molar-refractivity contribution < 1.29 is 9.59 Å². The van der Waals surface area contributed by atoms with Gasteiger partial charge in [-0.05, 0) is 87.3 Å². The molecule has 1 amide bonds. The molecule has 1 N–H and O–H groups in total. The summed E-state index contributed by atoms with van der Waals surface area (Å²) in [5.41, 5.74) is 4.83. The summed E-state index contributed by atoms with van der Waals surface area (Å²) in [5, 5.41) is 3.12. The molecule has 5 rings (SSSR count). The highest BCUT2D eigenvalue weighted by atomic mass is 16.1. The summed E-state index contributed by atoms with van der Waals surface area (Å²) in [6, 6.07) is 26.3. The van der Waals surface area contributed by atoms with Crippen LogP contribution in [0.3, 0.4) is 0 Å². The molecule has 0 spiro atoms. The van der Waals surface area contributed by atoms with E-state index in [9.17, 15) is 9.59 Å². The number of nitrogens with zero attached hydrogens (tertiary/aromatic N) is 1. The summed E-state index contributed by atoms with van der Waals surface area (Å²) in [5.74, 6) is 0.808. The van der Waals surface area contributed by atoms with Gasteiger partial charge in [0.1, 0.15) is 0 Å². The van der Waals surface area contributed by atoms with E-state index in [1.165, 1.54) is 18.4 Å². The van der Waals surface area contributed by atoms with Crippen LogP contribution in [0, 0.1) is 5.92 Å². The Hall–Kier alpha value is -3.24. The number of amides is 1. The van der Waals surface area contributed by atoms with Crippen LogP contribution in [0.2, 0.25) is 0 Å². The van der Waals surface area contributed by atoms with E-state index in [4.69, 9.17) is 0 Å². The Morgan fingerprint density at radius 2 is 1.61 bits per heavy atom. The van der Waals surface area contributed by atoms with Crippen LogP contribution < -0.4 is 5.32 Å². The molecule has 2 aliphatic rings. The van der Waals surface area contributed by atoms with E-state index in [0.717, 1.165) is 55.6 Å². The SMILES string of the molecule is CC(NC(=O)c1cccc2c1CCC(CCN1CCC(c3ccccc3)CC1)C2=O)c1ccccc1. The quantitative estimate of drug-likeness (QED) is 0.438. The number of fused-ring (bicyclic) bond motifs is 1. The largest absolute Gasteiger partial charge is 0.346 e. The van der Waals surface area contributed by atoms with Crippen LogP contribution in [0.15, 0.2) is 78.9 Å². The molecule has 1 aliphatic carbocycles. The lowest BCUT2D eigenvalue weighted by molar-refractivity contribution is 0.0876. The molecule has 1 fully saturated rings. The van der Waals surface area contributed by atoms with E-state index in [1.54, 1.807) is 0 Å². The first-order valence-corrected chi connectivity index (χ1v) is 13.4. The van der Waals surface area contributed by atoms with E-state index in [1.807, 2.05) is 55.5 Å². The Morgan fingerprint density at radius 1 is 0.917 bits per heavy atom. The number of carbonyl (C=O) groups is 2. The number of hydrogen-bond donors (Lipinski definition) is 1. The van der Waals surface area contributed by atoms with E-state index < -0.39 is 0 Å². The smallest absolute Gasteiger partial charge is 0.252 e. The van der Waals surface area contributed by atoms with E-state index in [-0.39, 0.29) is 23.7 Å². The molecule has 36 heavy (non-hydrogen) atoms. The number of ketones is 1. The van der Waals surface area contributed by atoms with Gasteiger partial charge in [0.2, 0.25) is 0 Å². The van der Waals surface area contributed by atoms with Crippen LogP contribution in [-0.4, -0.2) is 36.2 Å². The summed E-state index contributed by atoms with van der Waals surface area (Å²) in [4.78, 5) is 29.0. The number of likely N-dealkylation sites (tertiary alicyclic amines) is 1. The molecule has 3 aromatic carbocycles. The second kappa shape index (κ2) is 11.2. The van der Waals surface area contributed by atoms with Crippen molar-refractivity contribution in [3.8, 4) is 0 Å². The third-order valence-corrected chi connectivity index (χ3v) is 8.10. The second-order valence-corrected chi connectivity index (χ2v) is 10.4. The van der Waals surface area contributed by atoms with Gasteiger partial charge in [-0.3, -0.25) is 9.59 Å². The highest BCUT2D eigenvalue weighted by Gasteiger charge is 2.31. The number of piperidine rings is 1. The fraction of sp³-hybridized carbons (Fsp3) is 0.375. The summed E-state index contributed by atoms with van der Waals surface area (Å²) < 4.78 is 0. The van der Waals surface area contributed by atoms with Gasteiger partial charge in [-0.2, -0.15) is 0 Å². The summed E-state index contributed by atoms with van der Waals surface area (Å²) in [6.45, 7) is 5.16. The van der Waals surface area contributed by atoms with Gasteiger partial charge >= 0.3 is 0 Å². The maximum absolute atomic E-state index is 13.4. The van der Waals surface area contributed by atoms with E-state index in [2.05, 4.69) is 40.5 Å². The normalized spacial score (nSPS) is 19.5. The third-order valence-electron chi connectivity index (χ3n) is 8.10. The minimum atomic E-state index is -0.101. The monoisotopic (exact) mass is 480 g/mol. The molecule has 1 aliphatic heterocycles. The average Bonchev–Trinajstić information content (AvgIpc) is 2.93. The highest BCUT2D eigenvalue weighted by Crippen LogP contribution is 2.32. The first-order chi connectivity index (χ1) is 17.6. The van der Waals surface area contributed by atoms with Gasteiger partial charge in [-0.25, -0.2) is 0 Å². The zero-order valence-electron chi connectivity index (χ0n) is 21.2. The third kappa shape index (κ3) is 5.44. The molecular weight excluding hydrogens is 444 g/mol. The van der Waals surface area contributed by atoms with Crippen molar-refractivity contribution in [2.45, 2.75) is 51.0 Å². The molecule has 1 saturated heterocycles. The van der Waals surface area contributed by atoms with Crippen molar-refractivity contribution in [3.05, 3.63) is 107 Å². The maximum Gasteiger partial charge on any atom is 0.252 e. The van der Waals surface area contributed by atoms with Crippen LogP contribution in [0.5, 0.6) is 0 Å². The van der Waals surface area contributed by atoms with Crippen LogP contribution >= 0.6 is 0 Å². The van der Waals surface area contributed by atoms with Gasteiger partial charge in [-0.15, -0.1) is 0 Å². The molecule has 0 saturated carbocycles. The van der Waals surface area contributed by atoms with Crippen LogP contribution in [0.4, 0.5) is 0 Å². The first-order valence-electron chi connectivity index (χ1n) is 13.4. The molecule has 1 heterocycles. The number of rotatable bonds is 7. The number of nitrogens with one attached hydrogen (secondary N) is 1. The Bertz CT molecular complexity index is 1180. The topological polar surface area (TPSA) is 49.4 Å². The molecule has 0 radical (unpaired) electrons. The van der Waals surface area contributed by atoms with Gasteiger partial charge in [0, 0.05) is 17.0 Å². The minimum Gasteiger partial charge on any atom is -0.346 e. The fourth-order valence-electron chi connectivity index (χ4n) is 5.90. The average molecular weight is 481 g/mol. The molecule has 4 heteroatoms. The van der Waals surface area contributed by atoms with Crippen molar-refractivity contribution in [1.29, 1.82) is 0 Å². The summed E-state index contributed by atoms with van der Waals surface area (Å²) >= 11 is 0. The van der Waals surface area contributed by atoms with Crippen molar-refractivity contribution in [3.63, 3.8) is 0 Å². The molecule has 0 aromatic heterocycles. The van der Waals surface area contributed by atoms with Gasteiger partial charge in [0.15, 0.2) is 5.78 Å². The molecule has 0 bridgehead atoms. The summed E-state index contributed by atoms with van der Waals surface area (Å²) in [7, 11) is 0. The minimum absolute atomic E-state index is 0.0471. The lowest BCUT2D eigenvalue weighted by atomic mass is 9.79. The van der Waals surface area contributed by atoms with Crippen molar-refractivity contribution >= 4 is 11.7 Å². The Labute approximate surface area is 214 Å². The molecule has 186 valence electrons. The highest BCUT2D eigenvalue weighted by molar-refractivity contribution is 6.05. The van der Waals surface area contributed by atoms with Crippen molar-refractivity contribution in [2.24, 2.45) is 5.92 Å². The van der Waals surface area contributed by atoms with Gasteiger partial charge in [-0.1, -0.05) is 72.8 Å². The molecule has 2 unspecified atom stereocenters. The molecule has 4 nitrogen and oxygen atoms in total. The van der Waals surface area contributed by atoms with E-state index >= 15 is 0 Å². The first kappa shape index (κ1) is 24.5. The number of benzene rings is 3. The van der Waals surface area contributed by atoms with E-state index in [0.29, 0.717) is 11.5 Å². The molecular formula is C32H36N2O2. The molecule has 3 aromatic rings. The van der Waals surface area contributed by atoms with Crippen LogP contribution in [-0.2, 0) is 6.42 Å². The van der Waals surface area contributed by atoms with Gasteiger partial charge in [0.05, 0.1) is 6.04 Å². The van der Waals surface area contributed by atoms with Crippen molar-refractivity contribution in [1.82, 2.24) is 10.2 Å². The Kier molecular flexibility index (Phi) is 7.62. The fourth-order valence-corrected chi connectivity index (χ4v) is 5.90. The molecule has 2 atom stereocenters. The summed E-state index contributed by atoms with van der Waals surface area (Å²) in [6.07, 6.45) is 4.88. The standard InChI is InChI=1S/C32H36N2O2/c1-23(24-9-4-2-5-10-24)33-32(36)30-14-8-13-29-28(30)16-15-27(31(29)35)19-22-34-20-17-26(18-21-34)25-11-6-3-7-12-25/h2-14,23,26-27H,15-22H2,1H3,(H,33,36). The lowest BCUT2D eigenvalue weighted by Gasteiger charge is -2.33. The number of carbonyl (C=O) groups excluding carboxylic acids is 2. The predicted octanol–water partition coefficient (Wildman–Crippen LogP) is 6.19. The van der Waals surface area contributed by atoms with Gasteiger partial charge in [0.25, 0.3) is 5.91 Å². The zero-order valence-corrected chi connectivity index (χ0v) is 21.2. The van der Waals surface area contributed by atoms with Crippen molar-refractivity contribution in [2.75, 3.05) is 19.6 Å². The lowest BCUT2D eigenvalue weighted by Crippen LogP contribution is -2.36. The van der Waals surface area contributed by atoms with Gasteiger partial charge < -0.3 is 10.2 Å². The zero-order chi connectivity index (χ0) is 24.9.